The molecule has 3 aromatic heterocycles. The zero-order valence-corrected chi connectivity index (χ0v) is 11.1. The van der Waals surface area contributed by atoms with E-state index in [0.717, 1.165) is 15.9 Å². The maximum absolute atomic E-state index is 11.5. The second-order valence-electron chi connectivity index (χ2n) is 2.99. The van der Waals surface area contributed by atoms with Gasteiger partial charge in [-0.1, -0.05) is 11.1 Å². The standard InChI is InChI=1S/C8H5N4OS.Re/c1-4-5-8(14-3-9-5)12-2-10-11-7(13)6(4)12;/h2H,1H3,(H,11,13);/q-1;. The summed E-state index contributed by atoms with van der Waals surface area (Å²) in [5.41, 5.74) is 4.93. The third kappa shape index (κ3) is 1.28. The van der Waals surface area contributed by atoms with Crippen LogP contribution in [0.3, 0.4) is 0 Å². The van der Waals surface area contributed by atoms with Gasteiger partial charge in [0.25, 0.3) is 5.56 Å². The second kappa shape index (κ2) is 3.52. The summed E-state index contributed by atoms with van der Waals surface area (Å²) in [6, 6.07) is 0. The SMILES string of the molecule is Cc1c2n[c-]sc2n2cn[nH]c(=O)c12.[Re]. The number of hydrogen-bond acceptors (Lipinski definition) is 4. The van der Waals surface area contributed by atoms with Crippen LogP contribution >= 0.6 is 11.3 Å². The van der Waals surface area contributed by atoms with Gasteiger partial charge in [-0.3, -0.25) is 16.1 Å². The molecule has 0 aromatic carbocycles. The molecule has 0 atom stereocenters. The molecule has 0 saturated heterocycles. The van der Waals surface area contributed by atoms with E-state index >= 15 is 0 Å². The molecule has 3 aromatic rings. The Morgan fingerprint density at radius 2 is 2.40 bits per heavy atom. The summed E-state index contributed by atoms with van der Waals surface area (Å²) in [7, 11) is 0. The largest absolute Gasteiger partial charge is 0.384 e. The van der Waals surface area contributed by atoms with Crippen LogP contribution in [-0.4, -0.2) is 19.6 Å². The Hall–Kier alpha value is -1.03. The van der Waals surface area contributed by atoms with E-state index in [0.29, 0.717) is 5.52 Å². The smallest absolute Gasteiger partial charge is 0.286 e. The van der Waals surface area contributed by atoms with E-state index in [9.17, 15) is 4.79 Å². The van der Waals surface area contributed by atoms with E-state index in [-0.39, 0.29) is 26.0 Å². The Bertz CT molecular complexity index is 683. The van der Waals surface area contributed by atoms with Gasteiger partial charge in [-0.15, -0.1) is 0 Å². The van der Waals surface area contributed by atoms with Gasteiger partial charge >= 0.3 is 0 Å². The van der Waals surface area contributed by atoms with E-state index in [4.69, 9.17) is 0 Å². The van der Waals surface area contributed by atoms with Gasteiger partial charge in [-0.25, -0.2) is 5.10 Å². The molecule has 0 saturated carbocycles. The maximum atomic E-state index is 11.5. The third-order valence-corrected chi connectivity index (χ3v) is 2.99. The summed E-state index contributed by atoms with van der Waals surface area (Å²) >= 11 is 1.38. The van der Waals surface area contributed by atoms with Crippen molar-refractivity contribution in [2.24, 2.45) is 0 Å². The van der Waals surface area contributed by atoms with Crippen LogP contribution in [0.15, 0.2) is 11.1 Å². The van der Waals surface area contributed by atoms with Crippen molar-refractivity contribution in [3.8, 4) is 0 Å². The predicted molar refractivity (Wildman–Crippen MR) is 52.6 cm³/mol. The molecule has 1 N–H and O–H groups in total. The van der Waals surface area contributed by atoms with Crippen molar-refractivity contribution in [2.75, 3.05) is 0 Å². The van der Waals surface area contributed by atoms with Crippen LogP contribution in [0.1, 0.15) is 5.56 Å². The predicted octanol–water partition coefficient (Wildman–Crippen LogP) is 0.738. The van der Waals surface area contributed by atoms with Crippen LogP contribution in [0.2, 0.25) is 0 Å². The Balaban J connectivity index is 0.000000853. The molecule has 0 fully saturated rings. The molecule has 3 rings (SSSR count). The topological polar surface area (TPSA) is 63.1 Å². The van der Waals surface area contributed by atoms with E-state index in [1.165, 1.54) is 11.3 Å². The van der Waals surface area contributed by atoms with Crippen LogP contribution in [0.5, 0.6) is 0 Å². The Labute approximate surface area is 102 Å². The number of thiazole rings is 1. The summed E-state index contributed by atoms with van der Waals surface area (Å²) in [4.78, 5) is 16.5. The number of nitrogens with one attached hydrogen (secondary N) is 1. The first-order chi connectivity index (χ1) is 6.79. The molecule has 0 bridgehead atoms. The number of aromatic nitrogens is 4. The monoisotopic (exact) mass is 392 g/mol. The molecule has 0 aliphatic carbocycles. The average molecular weight is 391 g/mol. The summed E-state index contributed by atoms with van der Waals surface area (Å²) in [6.45, 7) is 1.88. The first kappa shape index (κ1) is 10.5. The Morgan fingerprint density at radius 3 is 3.20 bits per heavy atom. The van der Waals surface area contributed by atoms with Gasteiger partial charge in [0.2, 0.25) is 0 Å². The zero-order chi connectivity index (χ0) is 9.71. The number of rotatable bonds is 0. The number of aromatic amines is 1. The van der Waals surface area contributed by atoms with Crippen molar-refractivity contribution in [1.29, 1.82) is 0 Å². The van der Waals surface area contributed by atoms with Crippen LogP contribution in [0, 0.1) is 12.4 Å². The molecular weight excluding hydrogens is 386 g/mol. The molecular formula is C8H5N4OReS-. The van der Waals surface area contributed by atoms with Crippen LogP contribution in [-0.2, 0) is 20.4 Å². The van der Waals surface area contributed by atoms with Crippen LogP contribution in [0.25, 0.3) is 15.9 Å². The number of aryl methyl sites for hydroxylation is 1. The quantitative estimate of drug-likeness (QED) is 0.575. The molecule has 0 aliphatic heterocycles. The van der Waals surface area contributed by atoms with Crippen molar-refractivity contribution in [3.05, 3.63) is 27.8 Å². The summed E-state index contributed by atoms with van der Waals surface area (Å²) in [5.74, 6) is 0. The third-order valence-electron chi connectivity index (χ3n) is 2.23. The van der Waals surface area contributed by atoms with Crippen molar-refractivity contribution in [2.45, 2.75) is 6.92 Å². The van der Waals surface area contributed by atoms with Gasteiger partial charge in [0.05, 0.1) is 5.52 Å². The van der Waals surface area contributed by atoms with Gasteiger partial charge < -0.3 is 9.38 Å². The second-order valence-corrected chi connectivity index (χ2v) is 3.76. The molecule has 0 unspecified atom stereocenters. The van der Waals surface area contributed by atoms with Crippen molar-refractivity contribution >= 4 is 27.2 Å². The average Bonchev–Trinajstić information content (AvgIpc) is 2.71. The van der Waals surface area contributed by atoms with Gasteiger partial charge in [-0.2, -0.15) is 5.10 Å². The van der Waals surface area contributed by atoms with Crippen molar-refractivity contribution in [1.82, 2.24) is 19.6 Å². The van der Waals surface area contributed by atoms with Gasteiger partial charge in [0.15, 0.2) is 0 Å². The molecule has 7 heteroatoms. The minimum atomic E-state index is -0.185. The first-order valence-corrected chi connectivity index (χ1v) is 4.81. The van der Waals surface area contributed by atoms with E-state index in [1.807, 2.05) is 6.92 Å². The maximum Gasteiger partial charge on any atom is 0.286 e. The minimum Gasteiger partial charge on any atom is -0.384 e. The van der Waals surface area contributed by atoms with Crippen molar-refractivity contribution < 1.29 is 20.4 Å². The molecule has 1 radical (unpaired) electrons. The molecule has 15 heavy (non-hydrogen) atoms. The fourth-order valence-corrected chi connectivity index (χ4v) is 2.35. The van der Waals surface area contributed by atoms with Gasteiger partial charge in [-0.05, 0) is 17.3 Å². The minimum absolute atomic E-state index is 0. The van der Waals surface area contributed by atoms with Crippen molar-refractivity contribution in [3.63, 3.8) is 0 Å². The Kier molecular flexibility index (Phi) is 2.46. The summed E-state index contributed by atoms with van der Waals surface area (Å²) < 4.78 is 1.75. The zero-order valence-electron chi connectivity index (χ0n) is 7.61. The summed E-state index contributed by atoms with van der Waals surface area (Å²) in [5, 5.41) is 6.15. The van der Waals surface area contributed by atoms with Gasteiger partial charge in [0, 0.05) is 20.4 Å². The van der Waals surface area contributed by atoms with E-state index in [2.05, 4.69) is 20.7 Å². The van der Waals surface area contributed by atoms with E-state index < -0.39 is 0 Å². The molecule has 3 heterocycles. The fourth-order valence-electron chi connectivity index (χ4n) is 1.60. The van der Waals surface area contributed by atoms with Crippen LogP contribution in [0.4, 0.5) is 0 Å². The summed E-state index contributed by atoms with van der Waals surface area (Å²) in [6.07, 6.45) is 1.58. The fraction of sp³-hybridized carbons (Fsp3) is 0.125. The number of H-pyrrole nitrogens is 1. The van der Waals surface area contributed by atoms with Crippen LogP contribution < -0.4 is 5.56 Å². The molecule has 5 nitrogen and oxygen atoms in total. The van der Waals surface area contributed by atoms with Gasteiger partial charge in [0.1, 0.15) is 6.33 Å². The molecule has 0 amide bonds. The molecule has 0 aliphatic rings. The Morgan fingerprint density at radius 1 is 1.60 bits per heavy atom. The molecule has 0 spiro atoms. The number of hydrogen-bond donors (Lipinski definition) is 1. The normalized spacial score (nSPS) is 10.7. The first-order valence-electron chi connectivity index (χ1n) is 4.00. The number of nitrogens with zero attached hydrogens (tertiary/aromatic N) is 3. The molecule has 77 valence electrons. The van der Waals surface area contributed by atoms with E-state index in [1.54, 1.807) is 10.7 Å². The number of fused-ring (bicyclic) bond motifs is 3.